The first kappa shape index (κ1) is 16.7. The number of ether oxygens (including phenoxy) is 2. The molecule has 3 aromatic rings. The fourth-order valence-electron chi connectivity index (χ4n) is 2.99. The number of hydrogen-bond acceptors (Lipinski definition) is 7. The normalized spacial score (nSPS) is 14.0. The molecule has 1 aliphatic rings. The predicted molar refractivity (Wildman–Crippen MR) is 98.3 cm³/mol. The number of fused-ring (bicyclic) bond motifs is 2. The molecule has 8 heteroatoms. The van der Waals surface area contributed by atoms with E-state index in [0.29, 0.717) is 18.0 Å². The van der Waals surface area contributed by atoms with Gasteiger partial charge in [0, 0.05) is 6.54 Å². The van der Waals surface area contributed by atoms with Crippen LogP contribution in [0.2, 0.25) is 0 Å². The summed E-state index contributed by atoms with van der Waals surface area (Å²) in [6.07, 6.45) is 0. The number of amides is 1. The standard InChI is InChI=1S/C18H18N4O3S/c1-22(2)17(12-4-6-15-16(8-12)25-10-24-15)18(23)19-9-11-3-5-13-14(7-11)21-26-20-13/h3-8,17H,9-10H2,1-2H3,(H,19,23). The van der Waals surface area contributed by atoms with Crippen molar-refractivity contribution in [2.24, 2.45) is 0 Å². The van der Waals surface area contributed by atoms with Gasteiger partial charge in [-0.05, 0) is 49.5 Å². The van der Waals surface area contributed by atoms with Crippen molar-refractivity contribution in [1.82, 2.24) is 19.0 Å². The Hall–Kier alpha value is -2.71. The van der Waals surface area contributed by atoms with E-state index in [1.807, 2.05) is 55.4 Å². The van der Waals surface area contributed by atoms with Gasteiger partial charge in [0.15, 0.2) is 11.5 Å². The second kappa shape index (κ2) is 6.89. The van der Waals surface area contributed by atoms with Gasteiger partial charge in [-0.1, -0.05) is 12.1 Å². The molecule has 4 rings (SSSR count). The Morgan fingerprint density at radius 2 is 1.96 bits per heavy atom. The van der Waals surface area contributed by atoms with Crippen LogP contribution in [0.3, 0.4) is 0 Å². The van der Waals surface area contributed by atoms with Crippen LogP contribution in [0.5, 0.6) is 11.5 Å². The summed E-state index contributed by atoms with van der Waals surface area (Å²) in [7, 11) is 3.75. The van der Waals surface area contributed by atoms with E-state index in [1.165, 1.54) is 11.7 Å². The molecule has 2 aromatic carbocycles. The third kappa shape index (κ3) is 3.21. The Balaban J connectivity index is 1.50. The minimum atomic E-state index is -0.422. The summed E-state index contributed by atoms with van der Waals surface area (Å²) in [5.74, 6) is 1.30. The minimum absolute atomic E-state index is 0.0784. The smallest absolute Gasteiger partial charge is 0.242 e. The lowest BCUT2D eigenvalue weighted by molar-refractivity contribution is -0.125. The van der Waals surface area contributed by atoms with Gasteiger partial charge in [0.05, 0.1) is 11.7 Å². The molecular formula is C18H18N4O3S. The van der Waals surface area contributed by atoms with Gasteiger partial charge >= 0.3 is 0 Å². The molecule has 2 heterocycles. The zero-order valence-electron chi connectivity index (χ0n) is 14.4. The van der Waals surface area contributed by atoms with Crippen molar-refractivity contribution in [3.63, 3.8) is 0 Å². The van der Waals surface area contributed by atoms with E-state index in [1.54, 1.807) is 0 Å². The first-order valence-corrected chi connectivity index (χ1v) is 8.90. The molecule has 1 N–H and O–H groups in total. The van der Waals surface area contributed by atoms with Crippen molar-refractivity contribution >= 4 is 28.7 Å². The number of carbonyl (C=O) groups excluding carboxylic acids is 1. The quantitative estimate of drug-likeness (QED) is 0.743. The fraction of sp³-hybridized carbons (Fsp3) is 0.278. The van der Waals surface area contributed by atoms with Crippen LogP contribution in [0.1, 0.15) is 17.2 Å². The lowest BCUT2D eigenvalue weighted by Crippen LogP contribution is -2.36. The number of benzene rings is 2. The first-order chi connectivity index (χ1) is 12.6. The van der Waals surface area contributed by atoms with E-state index in [2.05, 4.69) is 14.1 Å². The van der Waals surface area contributed by atoms with Crippen LogP contribution in [0.15, 0.2) is 36.4 Å². The van der Waals surface area contributed by atoms with Crippen LogP contribution >= 0.6 is 11.7 Å². The van der Waals surface area contributed by atoms with Crippen molar-refractivity contribution in [3.8, 4) is 11.5 Å². The maximum absolute atomic E-state index is 12.8. The molecule has 0 aliphatic carbocycles. The molecule has 7 nitrogen and oxygen atoms in total. The lowest BCUT2D eigenvalue weighted by atomic mass is 10.0. The highest BCUT2D eigenvalue weighted by molar-refractivity contribution is 7.00. The van der Waals surface area contributed by atoms with Gasteiger partial charge < -0.3 is 14.8 Å². The predicted octanol–water partition coefficient (Wildman–Crippen LogP) is 2.34. The van der Waals surface area contributed by atoms with Crippen LogP contribution < -0.4 is 14.8 Å². The summed E-state index contributed by atoms with van der Waals surface area (Å²) >= 11 is 1.19. The van der Waals surface area contributed by atoms with Crippen molar-refractivity contribution in [2.45, 2.75) is 12.6 Å². The summed E-state index contributed by atoms with van der Waals surface area (Å²) in [5, 5.41) is 3.01. The maximum Gasteiger partial charge on any atom is 0.242 e. The number of aromatic nitrogens is 2. The van der Waals surface area contributed by atoms with Crippen LogP contribution in [-0.4, -0.2) is 40.4 Å². The Bertz CT molecular complexity index is 957. The van der Waals surface area contributed by atoms with Crippen molar-refractivity contribution < 1.29 is 14.3 Å². The summed E-state index contributed by atoms with van der Waals surface area (Å²) in [4.78, 5) is 14.7. The average Bonchev–Trinajstić information content (AvgIpc) is 3.27. The molecular weight excluding hydrogens is 352 g/mol. The van der Waals surface area contributed by atoms with E-state index < -0.39 is 6.04 Å². The third-order valence-electron chi connectivity index (χ3n) is 4.26. The van der Waals surface area contributed by atoms with Gasteiger partial charge in [0.25, 0.3) is 0 Å². The number of nitrogens with zero attached hydrogens (tertiary/aromatic N) is 3. The van der Waals surface area contributed by atoms with Gasteiger partial charge in [0.2, 0.25) is 12.7 Å². The molecule has 1 aliphatic heterocycles. The Labute approximate surface area is 154 Å². The van der Waals surface area contributed by atoms with E-state index in [-0.39, 0.29) is 12.7 Å². The molecule has 1 unspecified atom stereocenters. The highest BCUT2D eigenvalue weighted by Crippen LogP contribution is 2.35. The van der Waals surface area contributed by atoms with Crippen LogP contribution in [0, 0.1) is 0 Å². The third-order valence-corrected chi connectivity index (χ3v) is 4.82. The molecule has 1 aromatic heterocycles. The number of rotatable bonds is 5. The molecule has 0 radical (unpaired) electrons. The minimum Gasteiger partial charge on any atom is -0.454 e. The molecule has 0 fully saturated rings. The lowest BCUT2D eigenvalue weighted by Gasteiger charge is -2.24. The van der Waals surface area contributed by atoms with Crippen LogP contribution in [0.4, 0.5) is 0 Å². The zero-order chi connectivity index (χ0) is 18.1. The van der Waals surface area contributed by atoms with Gasteiger partial charge in [-0.2, -0.15) is 8.75 Å². The Kier molecular flexibility index (Phi) is 4.44. The van der Waals surface area contributed by atoms with Crippen molar-refractivity contribution in [1.29, 1.82) is 0 Å². The number of nitrogens with one attached hydrogen (secondary N) is 1. The van der Waals surface area contributed by atoms with Crippen molar-refractivity contribution in [2.75, 3.05) is 20.9 Å². The van der Waals surface area contributed by atoms with Gasteiger partial charge in [-0.3, -0.25) is 9.69 Å². The highest BCUT2D eigenvalue weighted by Gasteiger charge is 2.25. The van der Waals surface area contributed by atoms with Gasteiger partial charge in [-0.15, -0.1) is 0 Å². The van der Waals surface area contributed by atoms with Gasteiger partial charge in [0.1, 0.15) is 17.1 Å². The molecule has 134 valence electrons. The molecule has 0 saturated carbocycles. The van der Waals surface area contributed by atoms with E-state index >= 15 is 0 Å². The second-order valence-electron chi connectivity index (χ2n) is 6.28. The van der Waals surface area contributed by atoms with Crippen LogP contribution in [-0.2, 0) is 11.3 Å². The Morgan fingerprint density at radius 3 is 2.81 bits per heavy atom. The summed E-state index contributed by atoms with van der Waals surface area (Å²) in [5.41, 5.74) is 3.57. The van der Waals surface area contributed by atoms with Crippen molar-refractivity contribution in [3.05, 3.63) is 47.5 Å². The molecule has 0 bridgehead atoms. The van der Waals surface area contributed by atoms with Crippen LogP contribution in [0.25, 0.3) is 11.0 Å². The SMILES string of the molecule is CN(C)C(C(=O)NCc1ccc2nsnc2c1)c1ccc2c(c1)OCO2. The fourth-order valence-corrected chi connectivity index (χ4v) is 3.51. The maximum atomic E-state index is 12.8. The highest BCUT2D eigenvalue weighted by atomic mass is 32.1. The summed E-state index contributed by atoms with van der Waals surface area (Å²) < 4.78 is 19.2. The number of likely N-dealkylation sites (N-methyl/N-ethyl adjacent to an activating group) is 1. The summed E-state index contributed by atoms with van der Waals surface area (Å²) in [6, 6.07) is 11.0. The average molecular weight is 370 g/mol. The van der Waals surface area contributed by atoms with E-state index in [9.17, 15) is 4.79 Å². The largest absolute Gasteiger partial charge is 0.454 e. The van der Waals surface area contributed by atoms with E-state index in [0.717, 1.165) is 22.2 Å². The topological polar surface area (TPSA) is 76.6 Å². The number of carbonyl (C=O) groups is 1. The monoisotopic (exact) mass is 370 g/mol. The van der Waals surface area contributed by atoms with Gasteiger partial charge in [-0.25, -0.2) is 0 Å². The molecule has 0 spiro atoms. The zero-order valence-corrected chi connectivity index (χ0v) is 15.2. The number of hydrogen-bond donors (Lipinski definition) is 1. The summed E-state index contributed by atoms with van der Waals surface area (Å²) in [6.45, 7) is 0.646. The second-order valence-corrected chi connectivity index (χ2v) is 6.81. The molecule has 0 saturated heterocycles. The molecule has 1 amide bonds. The first-order valence-electron chi connectivity index (χ1n) is 8.17. The molecule has 1 atom stereocenters. The Morgan fingerprint density at radius 1 is 1.15 bits per heavy atom. The molecule has 26 heavy (non-hydrogen) atoms. The van der Waals surface area contributed by atoms with E-state index in [4.69, 9.17) is 9.47 Å².